The summed E-state index contributed by atoms with van der Waals surface area (Å²) in [5, 5.41) is 4.51. The molecule has 0 unspecified atom stereocenters. The molecule has 6 nitrogen and oxygen atoms in total. The van der Waals surface area contributed by atoms with Gasteiger partial charge in [0.05, 0.1) is 12.2 Å². The minimum Gasteiger partial charge on any atom is -0.364 e. The van der Waals surface area contributed by atoms with Gasteiger partial charge in [0.25, 0.3) is 5.91 Å². The highest BCUT2D eigenvalue weighted by molar-refractivity contribution is 5.94. The Morgan fingerprint density at radius 1 is 1.12 bits per heavy atom. The highest BCUT2D eigenvalue weighted by Gasteiger charge is 2.27. The normalized spacial score (nSPS) is 23.2. The summed E-state index contributed by atoms with van der Waals surface area (Å²) in [7, 11) is 0. The molecule has 1 aromatic rings. The molecule has 9 heteroatoms. The summed E-state index contributed by atoms with van der Waals surface area (Å²) >= 11 is 0. The molecular formula is C16H21F3N3O3+. The number of carbonyl (C=O) groups is 2. The highest BCUT2D eigenvalue weighted by Crippen LogP contribution is 2.19. The summed E-state index contributed by atoms with van der Waals surface area (Å²) in [6, 6.07) is 1.62. The summed E-state index contributed by atoms with van der Waals surface area (Å²) in [6.07, 6.45) is 0.0948. The third kappa shape index (κ3) is 5.43. The number of ether oxygens (including phenoxy) is 1. The predicted molar refractivity (Wildman–Crippen MR) is 83.5 cm³/mol. The second kappa shape index (κ2) is 8.30. The quantitative estimate of drug-likeness (QED) is 0.640. The number of hydrogen-bond acceptors (Lipinski definition) is 3. The number of morpholine rings is 1. The molecule has 1 aliphatic rings. The molecule has 138 valence electrons. The van der Waals surface area contributed by atoms with Gasteiger partial charge < -0.3 is 20.3 Å². The van der Waals surface area contributed by atoms with Crippen molar-refractivity contribution in [3.05, 3.63) is 29.6 Å². The minimum atomic E-state index is -1.67. The predicted octanol–water partition coefficient (Wildman–Crippen LogP) is -0.149. The Morgan fingerprint density at radius 2 is 1.76 bits per heavy atom. The van der Waals surface area contributed by atoms with Crippen molar-refractivity contribution >= 4 is 17.5 Å². The monoisotopic (exact) mass is 360 g/mol. The Morgan fingerprint density at radius 3 is 2.40 bits per heavy atom. The molecule has 2 amide bonds. The first-order valence-corrected chi connectivity index (χ1v) is 7.95. The Balaban J connectivity index is 1.80. The van der Waals surface area contributed by atoms with E-state index in [2.05, 4.69) is 10.6 Å². The number of carbonyl (C=O) groups excluding carboxylic acids is 2. The first-order chi connectivity index (χ1) is 11.8. The van der Waals surface area contributed by atoms with E-state index in [-0.39, 0.29) is 24.7 Å². The third-order valence-corrected chi connectivity index (χ3v) is 3.78. The van der Waals surface area contributed by atoms with Crippen molar-refractivity contribution in [3.8, 4) is 0 Å². The van der Waals surface area contributed by atoms with Crippen molar-refractivity contribution in [2.75, 3.05) is 31.5 Å². The fraction of sp³-hybridized carbons (Fsp3) is 0.500. The van der Waals surface area contributed by atoms with Gasteiger partial charge in [-0.3, -0.25) is 9.59 Å². The highest BCUT2D eigenvalue weighted by atomic mass is 19.2. The average molecular weight is 360 g/mol. The van der Waals surface area contributed by atoms with Crippen LogP contribution in [0.25, 0.3) is 0 Å². The minimum absolute atomic E-state index is 0.0474. The maximum atomic E-state index is 13.5. The number of benzene rings is 1. The number of hydrogen-bond donors (Lipinski definition) is 3. The smallest absolute Gasteiger partial charge is 0.275 e. The van der Waals surface area contributed by atoms with Gasteiger partial charge in [0.1, 0.15) is 25.3 Å². The second-order valence-corrected chi connectivity index (χ2v) is 6.14. The lowest BCUT2D eigenvalue weighted by Gasteiger charge is -2.31. The van der Waals surface area contributed by atoms with Crippen LogP contribution in [0.3, 0.4) is 0 Å². The molecule has 0 spiro atoms. The van der Waals surface area contributed by atoms with Gasteiger partial charge in [-0.15, -0.1) is 0 Å². The van der Waals surface area contributed by atoms with Crippen LogP contribution in [0.5, 0.6) is 0 Å². The van der Waals surface area contributed by atoms with Crippen molar-refractivity contribution < 1.29 is 32.4 Å². The van der Waals surface area contributed by atoms with Crippen molar-refractivity contribution in [1.82, 2.24) is 5.32 Å². The molecule has 0 aromatic heterocycles. The van der Waals surface area contributed by atoms with Gasteiger partial charge in [0.15, 0.2) is 24.0 Å². The zero-order valence-corrected chi connectivity index (χ0v) is 14.0. The van der Waals surface area contributed by atoms with Crippen molar-refractivity contribution in [2.45, 2.75) is 26.1 Å². The molecule has 2 rings (SSSR count). The van der Waals surface area contributed by atoms with E-state index in [1.807, 2.05) is 13.8 Å². The molecule has 0 radical (unpaired) electrons. The van der Waals surface area contributed by atoms with Crippen LogP contribution in [0.1, 0.15) is 13.8 Å². The van der Waals surface area contributed by atoms with Crippen LogP contribution >= 0.6 is 0 Å². The van der Waals surface area contributed by atoms with Gasteiger partial charge in [-0.2, -0.15) is 0 Å². The molecule has 0 bridgehead atoms. The van der Waals surface area contributed by atoms with E-state index in [4.69, 9.17) is 4.74 Å². The topological polar surface area (TPSA) is 71.9 Å². The standard InChI is InChI=1S/C16H20F3N3O3/c1-9-6-22(7-10(2)25-9)8-14(24)20-5-13(23)21-12-4-3-11(17)15(18)16(12)19/h3-4,9-10H,5-8H2,1-2H3,(H,20,24)(H,21,23)/p+1/t9-,10-/m0/s1. The lowest BCUT2D eigenvalue weighted by atomic mass is 10.2. The van der Waals surface area contributed by atoms with Gasteiger partial charge in [-0.1, -0.05) is 0 Å². The summed E-state index contributed by atoms with van der Waals surface area (Å²) < 4.78 is 45.0. The van der Waals surface area contributed by atoms with E-state index in [9.17, 15) is 22.8 Å². The molecule has 1 aliphatic heterocycles. The van der Waals surface area contributed by atoms with Crippen LogP contribution in [0, 0.1) is 17.5 Å². The molecule has 0 aliphatic carbocycles. The van der Waals surface area contributed by atoms with E-state index in [1.54, 1.807) is 0 Å². The molecule has 1 heterocycles. The first-order valence-electron chi connectivity index (χ1n) is 7.95. The Bertz CT molecular complexity index is 647. The fourth-order valence-corrected chi connectivity index (χ4v) is 2.82. The largest absolute Gasteiger partial charge is 0.364 e. The second-order valence-electron chi connectivity index (χ2n) is 6.14. The van der Waals surface area contributed by atoms with Crippen LogP contribution in [-0.4, -0.2) is 50.2 Å². The van der Waals surface area contributed by atoms with Crippen LogP contribution < -0.4 is 15.5 Å². The number of anilines is 1. The molecule has 2 atom stereocenters. The Kier molecular flexibility index (Phi) is 6.38. The van der Waals surface area contributed by atoms with Gasteiger partial charge >= 0.3 is 0 Å². The van der Waals surface area contributed by atoms with Gasteiger partial charge in [0.2, 0.25) is 5.91 Å². The Hall–Kier alpha value is -2.13. The summed E-state index contributed by atoms with van der Waals surface area (Å²) in [6.45, 7) is 5.01. The zero-order valence-electron chi connectivity index (χ0n) is 14.0. The molecular weight excluding hydrogens is 339 g/mol. The SMILES string of the molecule is C[C@H]1C[NH+](CC(=O)NCC(=O)Nc2ccc(F)c(F)c2F)C[C@H](C)O1. The van der Waals surface area contributed by atoms with Crippen LogP contribution in [0.4, 0.5) is 18.9 Å². The van der Waals surface area contributed by atoms with Crippen molar-refractivity contribution in [1.29, 1.82) is 0 Å². The molecule has 1 saturated heterocycles. The van der Waals surface area contributed by atoms with Gasteiger partial charge in [0, 0.05) is 0 Å². The third-order valence-electron chi connectivity index (χ3n) is 3.78. The molecule has 1 aromatic carbocycles. The molecule has 25 heavy (non-hydrogen) atoms. The summed E-state index contributed by atoms with van der Waals surface area (Å²) in [5.74, 6) is -5.57. The van der Waals surface area contributed by atoms with Crippen LogP contribution in [-0.2, 0) is 14.3 Å². The van der Waals surface area contributed by atoms with E-state index in [1.165, 1.54) is 0 Å². The van der Waals surface area contributed by atoms with E-state index < -0.39 is 35.6 Å². The van der Waals surface area contributed by atoms with Gasteiger partial charge in [-0.25, -0.2) is 13.2 Å². The van der Waals surface area contributed by atoms with Crippen LogP contribution in [0.2, 0.25) is 0 Å². The number of amides is 2. The van der Waals surface area contributed by atoms with Crippen molar-refractivity contribution in [3.63, 3.8) is 0 Å². The number of rotatable bonds is 5. The first kappa shape index (κ1) is 19.2. The Labute approximate surface area is 143 Å². The number of nitrogens with one attached hydrogen (secondary N) is 3. The van der Waals surface area contributed by atoms with Crippen molar-refractivity contribution in [2.24, 2.45) is 0 Å². The van der Waals surface area contributed by atoms with E-state index >= 15 is 0 Å². The summed E-state index contributed by atoms with van der Waals surface area (Å²) in [5.41, 5.74) is -0.486. The van der Waals surface area contributed by atoms with E-state index in [0.29, 0.717) is 19.2 Å². The van der Waals surface area contributed by atoms with Gasteiger partial charge in [-0.05, 0) is 26.0 Å². The molecule has 3 N–H and O–H groups in total. The maximum absolute atomic E-state index is 13.5. The maximum Gasteiger partial charge on any atom is 0.275 e. The molecule has 1 fully saturated rings. The zero-order chi connectivity index (χ0) is 18.6. The average Bonchev–Trinajstić information content (AvgIpc) is 2.52. The number of halogens is 3. The van der Waals surface area contributed by atoms with E-state index in [0.717, 1.165) is 11.0 Å². The lowest BCUT2D eigenvalue weighted by Crippen LogP contribution is -3.16. The molecule has 0 saturated carbocycles. The van der Waals surface area contributed by atoms with Crippen LogP contribution in [0.15, 0.2) is 12.1 Å². The summed E-state index contributed by atoms with van der Waals surface area (Å²) in [4.78, 5) is 24.7. The lowest BCUT2D eigenvalue weighted by molar-refractivity contribution is -0.907. The fourth-order valence-electron chi connectivity index (χ4n) is 2.82. The number of quaternary nitrogens is 1.